The van der Waals surface area contributed by atoms with Crippen LogP contribution in [0.3, 0.4) is 0 Å². The number of hydrogen-bond donors (Lipinski definition) is 1. The van der Waals surface area contributed by atoms with E-state index in [0.717, 1.165) is 13.0 Å². The molecular formula is C10H15F3N2O. The van der Waals surface area contributed by atoms with Gasteiger partial charge in [0.15, 0.2) is 0 Å². The molecule has 0 unspecified atom stereocenters. The Morgan fingerprint density at radius 1 is 1.44 bits per heavy atom. The molecule has 3 nitrogen and oxygen atoms in total. The SMILES string of the molecule is CCCNCc1ncc(CCC(F)(F)F)o1. The van der Waals surface area contributed by atoms with E-state index in [-0.39, 0.29) is 12.2 Å². The minimum Gasteiger partial charge on any atom is -0.444 e. The molecule has 0 spiro atoms. The standard InChI is InChI=1S/C10H15F3N2O/c1-2-5-14-7-9-15-6-8(16-9)3-4-10(11,12)13/h6,14H,2-5,7H2,1H3. The zero-order valence-corrected chi connectivity index (χ0v) is 9.10. The zero-order chi connectivity index (χ0) is 12.0. The highest BCUT2D eigenvalue weighted by Gasteiger charge is 2.27. The topological polar surface area (TPSA) is 38.1 Å². The van der Waals surface area contributed by atoms with Gasteiger partial charge in [-0.25, -0.2) is 4.98 Å². The van der Waals surface area contributed by atoms with Gasteiger partial charge in [0.25, 0.3) is 0 Å². The van der Waals surface area contributed by atoms with Gasteiger partial charge in [0, 0.05) is 6.42 Å². The van der Waals surface area contributed by atoms with E-state index in [2.05, 4.69) is 10.3 Å². The molecule has 1 N–H and O–H groups in total. The average Bonchev–Trinajstić information content (AvgIpc) is 2.62. The first-order valence-electron chi connectivity index (χ1n) is 5.22. The smallest absolute Gasteiger partial charge is 0.389 e. The number of aromatic nitrogens is 1. The van der Waals surface area contributed by atoms with Crippen molar-refractivity contribution in [3.63, 3.8) is 0 Å². The van der Waals surface area contributed by atoms with Crippen molar-refractivity contribution in [2.45, 2.75) is 38.9 Å². The van der Waals surface area contributed by atoms with E-state index >= 15 is 0 Å². The number of nitrogens with one attached hydrogen (secondary N) is 1. The molecule has 16 heavy (non-hydrogen) atoms. The molecule has 0 amide bonds. The Labute approximate surface area is 92.0 Å². The lowest BCUT2D eigenvalue weighted by atomic mass is 10.2. The van der Waals surface area contributed by atoms with Gasteiger partial charge >= 0.3 is 6.18 Å². The van der Waals surface area contributed by atoms with Gasteiger partial charge in [0.2, 0.25) is 5.89 Å². The molecule has 1 aromatic heterocycles. The van der Waals surface area contributed by atoms with Gasteiger partial charge < -0.3 is 9.73 Å². The van der Waals surface area contributed by atoms with Crippen LogP contribution in [0.5, 0.6) is 0 Å². The normalized spacial score (nSPS) is 12.0. The fraction of sp³-hybridized carbons (Fsp3) is 0.700. The van der Waals surface area contributed by atoms with E-state index in [9.17, 15) is 13.2 Å². The lowest BCUT2D eigenvalue weighted by Gasteiger charge is -2.03. The minimum atomic E-state index is -4.15. The summed E-state index contributed by atoms with van der Waals surface area (Å²) in [5.41, 5.74) is 0. The largest absolute Gasteiger partial charge is 0.444 e. The second-order valence-corrected chi connectivity index (χ2v) is 3.51. The van der Waals surface area contributed by atoms with Crippen LogP contribution in [0.25, 0.3) is 0 Å². The third-order valence-corrected chi connectivity index (χ3v) is 1.96. The van der Waals surface area contributed by atoms with Crippen LogP contribution in [0, 0.1) is 0 Å². The number of oxazole rings is 1. The Morgan fingerprint density at radius 3 is 2.81 bits per heavy atom. The van der Waals surface area contributed by atoms with Crippen molar-refractivity contribution in [3.05, 3.63) is 17.8 Å². The van der Waals surface area contributed by atoms with Gasteiger partial charge in [-0.05, 0) is 13.0 Å². The predicted octanol–water partition coefficient (Wildman–Crippen LogP) is 2.67. The van der Waals surface area contributed by atoms with Crippen molar-refractivity contribution in [1.29, 1.82) is 0 Å². The molecule has 1 rings (SSSR count). The van der Waals surface area contributed by atoms with Crippen molar-refractivity contribution in [2.75, 3.05) is 6.54 Å². The molecule has 6 heteroatoms. The highest BCUT2D eigenvalue weighted by Crippen LogP contribution is 2.22. The summed E-state index contributed by atoms with van der Waals surface area (Å²) in [5.74, 6) is 0.719. The molecular weight excluding hydrogens is 221 g/mol. The molecule has 1 aromatic rings. The summed E-state index contributed by atoms with van der Waals surface area (Å²) in [7, 11) is 0. The first-order chi connectivity index (χ1) is 7.51. The predicted molar refractivity (Wildman–Crippen MR) is 52.9 cm³/mol. The Bertz CT molecular complexity index is 309. The van der Waals surface area contributed by atoms with Crippen LogP contribution in [0.4, 0.5) is 13.2 Å². The van der Waals surface area contributed by atoms with Gasteiger partial charge in [0.05, 0.1) is 19.2 Å². The molecule has 0 fully saturated rings. The number of aryl methyl sites for hydroxylation is 1. The number of hydrogen-bond acceptors (Lipinski definition) is 3. The molecule has 0 aliphatic rings. The Hall–Kier alpha value is -1.04. The molecule has 0 atom stereocenters. The Balaban J connectivity index is 2.33. The first kappa shape index (κ1) is 13.0. The van der Waals surface area contributed by atoms with Crippen molar-refractivity contribution in [3.8, 4) is 0 Å². The van der Waals surface area contributed by atoms with E-state index < -0.39 is 12.6 Å². The summed E-state index contributed by atoms with van der Waals surface area (Å²) in [6.45, 7) is 3.32. The van der Waals surface area contributed by atoms with Crippen LogP contribution in [0.1, 0.15) is 31.4 Å². The highest BCUT2D eigenvalue weighted by molar-refractivity contribution is 4.94. The van der Waals surface area contributed by atoms with Gasteiger partial charge in [0.1, 0.15) is 5.76 Å². The van der Waals surface area contributed by atoms with Crippen LogP contribution < -0.4 is 5.32 Å². The lowest BCUT2D eigenvalue weighted by molar-refractivity contribution is -0.134. The van der Waals surface area contributed by atoms with Crippen molar-refractivity contribution in [1.82, 2.24) is 10.3 Å². The summed E-state index contributed by atoms with van der Waals surface area (Å²) >= 11 is 0. The van der Waals surface area contributed by atoms with Gasteiger partial charge in [-0.2, -0.15) is 13.2 Å². The molecule has 0 aromatic carbocycles. The van der Waals surface area contributed by atoms with E-state index in [4.69, 9.17) is 4.42 Å². The number of alkyl halides is 3. The van der Waals surface area contributed by atoms with E-state index in [1.54, 1.807) is 0 Å². The van der Waals surface area contributed by atoms with Crippen molar-refractivity contribution >= 4 is 0 Å². The maximum Gasteiger partial charge on any atom is 0.389 e. The number of halogens is 3. The maximum atomic E-state index is 11.9. The van der Waals surface area contributed by atoms with Crippen molar-refractivity contribution in [2.24, 2.45) is 0 Å². The van der Waals surface area contributed by atoms with Crippen LogP contribution >= 0.6 is 0 Å². The molecule has 0 radical (unpaired) electrons. The van der Waals surface area contributed by atoms with Gasteiger partial charge in [-0.15, -0.1) is 0 Å². The molecule has 0 aliphatic carbocycles. The summed E-state index contributed by atoms with van der Waals surface area (Å²) in [6, 6.07) is 0. The molecule has 0 aliphatic heterocycles. The van der Waals surface area contributed by atoms with E-state index in [1.807, 2.05) is 6.92 Å². The van der Waals surface area contributed by atoms with Gasteiger partial charge in [-0.3, -0.25) is 0 Å². The number of nitrogens with zero attached hydrogens (tertiary/aromatic N) is 1. The fourth-order valence-corrected chi connectivity index (χ4v) is 1.18. The van der Waals surface area contributed by atoms with Crippen molar-refractivity contribution < 1.29 is 17.6 Å². The van der Waals surface area contributed by atoms with Crippen LogP contribution in [0.2, 0.25) is 0 Å². The first-order valence-corrected chi connectivity index (χ1v) is 5.22. The summed E-state index contributed by atoms with van der Waals surface area (Å²) in [4.78, 5) is 3.89. The summed E-state index contributed by atoms with van der Waals surface area (Å²) in [5, 5.41) is 3.06. The van der Waals surface area contributed by atoms with Gasteiger partial charge in [-0.1, -0.05) is 6.92 Å². The molecule has 0 bridgehead atoms. The number of rotatable bonds is 6. The van der Waals surface area contributed by atoms with Crippen LogP contribution in [-0.2, 0) is 13.0 Å². The van der Waals surface area contributed by atoms with E-state index in [1.165, 1.54) is 6.20 Å². The molecule has 92 valence electrons. The molecule has 0 saturated heterocycles. The zero-order valence-electron chi connectivity index (χ0n) is 9.10. The minimum absolute atomic E-state index is 0.149. The molecule has 1 heterocycles. The summed E-state index contributed by atoms with van der Waals surface area (Å²) < 4.78 is 40.9. The quantitative estimate of drug-likeness (QED) is 0.772. The highest BCUT2D eigenvalue weighted by atomic mass is 19.4. The van der Waals surface area contributed by atoms with E-state index in [0.29, 0.717) is 12.4 Å². The Kier molecular flexibility index (Phi) is 4.79. The van der Waals surface area contributed by atoms with Crippen LogP contribution in [0.15, 0.2) is 10.6 Å². The second-order valence-electron chi connectivity index (χ2n) is 3.51. The average molecular weight is 236 g/mol. The third-order valence-electron chi connectivity index (χ3n) is 1.96. The third kappa shape index (κ3) is 5.16. The monoisotopic (exact) mass is 236 g/mol. The maximum absolute atomic E-state index is 11.9. The van der Waals surface area contributed by atoms with Crippen LogP contribution in [-0.4, -0.2) is 17.7 Å². The second kappa shape index (κ2) is 5.89. The summed E-state index contributed by atoms with van der Waals surface area (Å²) in [6.07, 6.45) is -2.82. The fourth-order valence-electron chi connectivity index (χ4n) is 1.18. The Morgan fingerprint density at radius 2 is 2.19 bits per heavy atom. The molecule has 0 saturated carbocycles. The lowest BCUT2D eigenvalue weighted by Crippen LogP contribution is -2.13.